The summed E-state index contributed by atoms with van der Waals surface area (Å²) < 4.78 is 13.5. The van der Waals surface area contributed by atoms with Gasteiger partial charge in [-0.3, -0.25) is 4.79 Å². The van der Waals surface area contributed by atoms with Gasteiger partial charge in [-0.2, -0.15) is 0 Å². The number of hydrogen-bond donors (Lipinski definition) is 2. The van der Waals surface area contributed by atoms with Crippen LogP contribution in [-0.2, 0) is 11.3 Å². The minimum atomic E-state index is -0.262. The molecule has 0 atom stereocenters. The monoisotopic (exact) mass is 316 g/mol. The van der Waals surface area contributed by atoms with Crippen molar-refractivity contribution in [3.8, 4) is 0 Å². The molecule has 0 fully saturated rings. The second-order valence-electron chi connectivity index (χ2n) is 5.25. The van der Waals surface area contributed by atoms with E-state index < -0.39 is 0 Å². The number of nitrogens with one attached hydrogen (secondary N) is 2. The van der Waals surface area contributed by atoms with Gasteiger partial charge in [0.1, 0.15) is 11.6 Å². The summed E-state index contributed by atoms with van der Waals surface area (Å²) >= 11 is 0. The molecule has 0 aliphatic rings. The van der Waals surface area contributed by atoms with Gasteiger partial charge in [0.15, 0.2) is 5.82 Å². The van der Waals surface area contributed by atoms with Crippen LogP contribution in [0.15, 0.2) is 36.4 Å². The molecule has 2 aromatic rings. The summed E-state index contributed by atoms with van der Waals surface area (Å²) in [7, 11) is 0. The third-order valence-electron chi connectivity index (χ3n) is 3.69. The predicted octanol–water partition coefficient (Wildman–Crippen LogP) is 3.60. The standard InChI is InChI=1S/C17H21FN4O/c1-3-12(4-2)17(23)20-16-10-9-15(21-22-16)19-11-13-7-5-6-8-14(13)18/h5-10,12H,3-4,11H2,1-2H3,(H,19,21)(H,20,22,23). The van der Waals surface area contributed by atoms with E-state index in [4.69, 9.17) is 0 Å². The van der Waals surface area contributed by atoms with Crippen LogP contribution in [0.25, 0.3) is 0 Å². The zero-order chi connectivity index (χ0) is 16.7. The number of amides is 1. The Hall–Kier alpha value is -2.50. The Morgan fingerprint density at radius 2 is 1.74 bits per heavy atom. The van der Waals surface area contributed by atoms with E-state index in [1.54, 1.807) is 30.3 Å². The van der Waals surface area contributed by atoms with Crippen molar-refractivity contribution >= 4 is 17.5 Å². The van der Waals surface area contributed by atoms with Crippen LogP contribution in [0.3, 0.4) is 0 Å². The molecule has 0 bridgehead atoms. The zero-order valence-corrected chi connectivity index (χ0v) is 13.3. The Bertz CT molecular complexity index is 641. The lowest BCUT2D eigenvalue weighted by Crippen LogP contribution is -2.22. The summed E-state index contributed by atoms with van der Waals surface area (Å²) in [6, 6.07) is 9.94. The fourth-order valence-electron chi connectivity index (χ4n) is 2.21. The third-order valence-corrected chi connectivity index (χ3v) is 3.69. The van der Waals surface area contributed by atoms with Gasteiger partial charge in [-0.1, -0.05) is 32.0 Å². The second-order valence-corrected chi connectivity index (χ2v) is 5.25. The lowest BCUT2D eigenvalue weighted by Gasteiger charge is -2.12. The molecule has 0 saturated heterocycles. The maximum absolute atomic E-state index is 13.5. The van der Waals surface area contributed by atoms with E-state index in [0.717, 1.165) is 12.8 Å². The van der Waals surface area contributed by atoms with E-state index in [1.807, 2.05) is 13.8 Å². The number of hydrogen-bond acceptors (Lipinski definition) is 4. The van der Waals surface area contributed by atoms with E-state index in [2.05, 4.69) is 20.8 Å². The van der Waals surface area contributed by atoms with E-state index in [1.165, 1.54) is 6.07 Å². The Balaban J connectivity index is 1.92. The first-order valence-corrected chi connectivity index (χ1v) is 7.75. The smallest absolute Gasteiger partial charge is 0.228 e. The molecule has 0 unspecified atom stereocenters. The number of aromatic nitrogens is 2. The first-order valence-electron chi connectivity index (χ1n) is 7.75. The van der Waals surface area contributed by atoms with E-state index in [-0.39, 0.29) is 17.6 Å². The molecule has 1 aromatic heterocycles. The highest BCUT2D eigenvalue weighted by Crippen LogP contribution is 2.13. The third kappa shape index (κ3) is 4.74. The van der Waals surface area contributed by atoms with Gasteiger partial charge in [-0.25, -0.2) is 4.39 Å². The SMILES string of the molecule is CCC(CC)C(=O)Nc1ccc(NCc2ccccc2F)nn1. The minimum absolute atomic E-state index is 0.0179. The number of benzene rings is 1. The van der Waals surface area contributed by atoms with Crippen molar-refractivity contribution in [2.24, 2.45) is 5.92 Å². The highest BCUT2D eigenvalue weighted by molar-refractivity contribution is 5.91. The van der Waals surface area contributed by atoms with Crippen LogP contribution >= 0.6 is 0 Å². The van der Waals surface area contributed by atoms with Gasteiger partial charge in [0.25, 0.3) is 0 Å². The van der Waals surface area contributed by atoms with Crippen LogP contribution in [0.4, 0.5) is 16.0 Å². The number of halogens is 1. The fraction of sp³-hybridized carbons (Fsp3) is 0.353. The summed E-state index contributed by atoms with van der Waals surface area (Å²) in [6.07, 6.45) is 1.58. The van der Waals surface area contributed by atoms with Gasteiger partial charge in [-0.05, 0) is 31.0 Å². The normalized spacial score (nSPS) is 10.6. The minimum Gasteiger partial charge on any atom is -0.364 e. The van der Waals surface area contributed by atoms with Gasteiger partial charge >= 0.3 is 0 Å². The summed E-state index contributed by atoms with van der Waals surface area (Å²) in [4.78, 5) is 12.0. The highest BCUT2D eigenvalue weighted by atomic mass is 19.1. The topological polar surface area (TPSA) is 66.9 Å². The number of carbonyl (C=O) groups excluding carboxylic acids is 1. The van der Waals surface area contributed by atoms with Crippen LogP contribution in [0, 0.1) is 11.7 Å². The molecular weight excluding hydrogens is 295 g/mol. The average Bonchev–Trinajstić information content (AvgIpc) is 2.56. The number of carbonyl (C=O) groups is 1. The molecule has 0 radical (unpaired) electrons. The lowest BCUT2D eigenvalue weighted by molar-refractivity contribution is -0.120. The molecule has 6 heteroatoms. The Morgan fingerprint density at radius 3 is 2.35 bits per heavy atom. The van der Waals surface area contributed by atoms with Crippen molar-refractivity contribution in [1.82, 2.24) is 10.2 Å². The Kier molecular flexibility index (Phi) is 6.02. The molecule has 5 nitrogen and oxygen atoms in total. The van der Waals surface area contributed by atoms with Gasteiger partial charge in [-0.15, -0.1) is 10.2 Å². The van der Waals surface area contributed by atoms with Gasteiger partial charge in [0.05, 0.1) is 0 Å². The van der Waals surface area contributed by atoms with Crippen molar-refractivity contribution in [3.05, 3.63) is 47.8 Å². The van der Waals surface area contributed by atoms with Crippen LogP contribution in [0.2, 0.25) is 0 Å². The zero-order valence-electron chi connectivity index (χ0n) is 13.3. The highest BCUT2D eigenvalue weighted by Gasteiger charge is 2.14. The summed E-state index contributed by atoms with van der Waals surface area (Å²) in [5.41, 5.74) is 0.556. The molecule has 0 aliphatic carbocycles. The van der Waals surface area contributed by atoms with Crippen LogP contribution < -0.4 is 10.6 Å². The molecule has 2 rings (SSSR count). The summed E-state index contributed by atoms with van der Waals surface area (Å²) in [6.45, 7) is 4.28. The molecule has 122 valence electrons. The maximum Gasteiger partial charge on any atom is 0.228 e. The maximum atomic E-state index is 13.5. The molecule has 0 spiro atoms. The molecule has 1 aromatic carbocycles. The molecule has 2 N–H and O–H groups in total. The van der Waals surface area contributed by atoms with Gasteiger partial charge in [0, 0.05) is 18.0 Å². The van der Waals surface area contributed by atoms with Crippen molar-refractivity contribution < 1.29 is 9.18 Å². The Labute approximate surface area is 135 Å². The number of rotatable bonds is 7. The van der Waals surface area contributed by atoms with E-state index in [9.17, 15) is 9.18 Å². The van der Waals surface area contributed by atoms with Gasteiger partial charge in [0.2, 0.25) is 5.91 Å². The van der Waals surface area contributed by atoms with Crippen LogP contribution in [-0.4, -0.2) is 16.1 Å². The van der Waals surface area contributed by atoms with E-state index in [0.29, 0.717) is 23.7 Å². The lowest BCUT2D eigenvalue weighted by atomic mass is 10.0. The average molecular weight is 316 g/mol. The molecule has 23 heavy (non-hydrogen) atoms. The van der Waals surface area contributed by atoms with Crippen molar-refractivity contribution in [1.29, 1.82) is 0 Å². The van der Waals surface area contributed by atoms with E-state index >= 15 is 0 Å². The molecule has 0 saturated carbocycles. The largest absolute Gasteiger partial charge is 0.364 e. The number of anilines is 2. The predicted molar refractivity (Wildman–Crippen MR) is 88.5 cm³/mol. The van der Waals surface area contributed by atoms with Crippen LogP contribution in [0.5, 0.6) is 0 Å². The Morgan fingerprint density at radius 1 is 1.09 bits per heavy atom. The summed E-state index contributed by atoms with van der Waals surface area (Å²) in [5.74, 6) is 0.612. The summed E-state index contributed by atoms with van der Waals surface area (Å²) in [5, 5.41) is 13.7. The molecule has 1 amide bonds. The first kappa shape index (κ1) is 16.9. The van der Waals surface area contributed by atoms with Gasteiger partial charge < -0.3 is 10.6 Å². The fourth-order valence-corrected chi connectivity index (χ4v) is 2.21. The quantitative estimate of drug-likeness (QED) is 0.819. The number of nitrogens with zero attached hydrogens (tertiary/aromatic N) is 2. The van der Waals surface area contributed by atoms with Crippen molar-refractivity contribution in [2.75, 3.05) is 10.6 Å². The van der Waals surface area contributed by atoms with Crippen LogP contribution in [0.1, 0.15) is 32.3 Å². The first-order chi connectivity index (χ1) is 11.1. The van der Waals surface area contributed by atoms with Crippen molar-refractivity contribution in [2.45, 2.75) is 33.2 Å². The molecular formula is C17H21FN4O. The molecule has 1 heterocycles. The second kappa shape index (κ2) is 8.22. The van der Waals surface area contributed by atoms with Crippen molar-refractivity contribution in [3.63, 3.8) is 0 Å². The molecule has 0 aliphatic heterocycles.